The maximum atomic E-state index is 11.5. The third-order valence-corrected chi connectivity index (χ3v) is 3.82. The van der Waals surface area contributed by atoms with Crippen LogP contribution in [0, 0.1) is 5.92 Å². The van der Waals surface area contributed by atoms with Crippen molar-refractivity contribution in [3.05, 3.63) is 0 Å². The number of likely N-dealkylation sites (tertiary alicyclic amines) is 1. The van der Waals surface area contributed by atoms with Crippen LogP contribution in [-0.2, 0) is 9.59 Å². The molecule has 0 radical (unpaired) electrons. The van der Waals surface area contributed by atoms with Crippen LogP contribution in [0.5, 0.6) is 0 Å². The number of carbonyl (C=O) groups is 2. The van der Waals surface area contributed by atoms with E-state index in [1.54, 1.807) is 6.92 Å². The van der Waals surface area contributed by atoms with Crippen LogP contribution in [0.1, 0.15) is 45.4 Å². The minimum absolute atomic E-state index is 0.263. The van der Waals surface area contributed by atoms with Crippen molar-refractivity contribution in [3.63, 3.8) is 0 Å². The lowest BCUT2D eigenvalue weighted by Crippen LogP contribution is -2.39. The minimum Gasteiger partial charge on any atom is -0.340 e. The second kappa shape index (κ2) is 4.33. The largest absolute Gasteiger partial charge is 0.340 e. The fraction of sp³-hybridized carbons (Fsp3) is 0.833. The fourth-order valence-electron chi connectivity index (χ4n) is 2.85. The second-order valence-corrected chi connectivity index (χ2v) is 4.81. The molecule has 2 rings (SSSR count). The van der Waals surface area contributed by atoms with Crippen LogP contribution in [0.25, 0.3) is 0 Å². The SMILES string of the molecule is CC(=O)C1CCC(N2CCCC2=O)CC1. The molecule has 0 spiro atoms. The van der Waals surface area contributed by atoms with E-state index < -0.39 is 0 Å². The zero-order valence-electron chi connectivity index (χ0n) is 9.37. The summed E-state index contributed by atoms with van der Waals surface area (Å²) in [5.41, 5.74) is 0. The van der Waals surface area contributed by atoms with Crippen LogP contribution in [0.4, 0.5) is 0 Å². The van der Waals surface area contributed by atoms with E-state index in [0.717, 1.165) is 45.1 Å². The first-order valence-corrected chi connectivity index (χ1v) is 5.98. The van der Waals surface area contributed by atoms with Crippen molar-refractivity contribution in [1.29, 1.82) is 0 Å². The third kappa shape index (κ3) is 2.21. The molecule has 1 aliphatic carbocycles. The van der Waals surface area contributed by atoms with Crippen molar-refractivity contribution in [2.45, 2.75) is 51.5 Å². The number of rotatable bonds is 2. The van der Waals surface area contributed by atoms with Gasteiger partial charge in [-0.15, -0.1) is 0 Å². The van der Waals surface area contributed by atoms with E-state index >= 15 is 0 Å². The van der Waals surface area contributed by atoms with Crippen LogP contribution in [-0.4, -0.2) is 29.2 Å². The van der Waals surface area contributed by atoms with Crippen molar-refractivity contribution in [3.8, 4) is 0 Å². The smallest absolute Gasteiger partial charge is 0.222 e. The summed E-state index contributed by atoms with van der Waals surface area (Å²) in [6.45, 7) is 2.63. The first-order valence-electron chi connectivity index (χ1n) is 5.98. The van der Waals surface area contributed by atoms with Crippen LogP contribution >= 0.6 is 0 Å². The van der Waals surface area contributed by atoms with E-state index in [0.29, 0.717) is 17.7 Å². The molecule has 0 aromatic rings. The zero-order chi connectivity index (χ0) is 10.8. The van der Waals surface area contributed by atoms with Crippen LogP contribution in [0.15, 0.2) is 0 Å². The maximum Gasteiger partial charge on any atom is 0.222 e. The monoisotopic (exact) mass is 209 g/mol. The summed E-state index contributed by atoms with van der Waals surface area (Å²) >= 11 is 0. The maximum absolute atomic E-state index is 11.5. The number of amides is 1. The molecule has 3 heteroatoms. The lowest BCUT2D eigenvalue weighted by Gasteiger charge is -2.33. The Labute approximate surface area is 90.8 Å². The number of Topliss-reactive ketones (excluding diaryl/α,β-unsaturated/α-hetero) is 1. The molecular weight excluding hydrogens is 190 g/mol. The molecule has 0 aromatic heterocycles. The molecule has 1 amide bonds. The molecule has 84 valence electrons. The first kappa shape index (κ1) is 10.7. The average molecular weight is 209 g/mol. The van der Waals surface area contributed by atoms with E-state index in [1.807, 2.05) is 4.90 Å². The highest BCUT2D eigenvalue weighted by Crippen LogP contribution is 2.30. The van der Waals surface area contributed by atoms with Crippen molar-refractivity contribution in [2.24, 2.45) is 5.92 Å². The Kier molecular flexibility index (Phi) is 3.08. The molecule has 3 nitrogen and oxygen atoms in total. The molecule has 1 heterocycles. The molecule has 2 fully saturated rings. The highest BCUT2D eigenvalue weighted by Gasteiger charge is 2.32. The molecule has 1 saturated heterocycles. The zero-order valence-corrected chi connectivity index (χ0v) is 9.37. The number of ketones is 1. The van der Waals surface area contributed by atoms with Gasteiger partial charge in [0, 0.05) is 24.9 Å². The Morgan fingerprint density at radius 3 is 2.40 bits per heavy atom. The Balaban J connectivity index is 1.87. The summed E-state index contributed by atoms with van der Waals surface area (Å²) in [5, 5.41) is 0. The van der Waals surface area contributed by atoms with E-state index in [2.05, 4.69) is 0 Å². The van der Waals surface area contributed by atoms with Gasteiger partial charge >= 0.3 is 0 Å². The lowest BCUT2D eigenvalue weighted by atomic mass is 9.83. The van der Waals surface area contributed by atoms with Gasteiger partial charge in [0.25, 0.3) is 0 Å². The predicted molar refractivity (Wildman–Crippen MR) is 57.4 cm³/mol. The number of carbonyl (C=O) groups excluding carboxylic acids is 2. The van der Waals surface area contributed by atoms with Gasteiger partial charge < -0.3 is 4.90 Å². The Morgan fingerprint density at radius 2 is 1.93 bits per heavy atom. The Morgan fingerprint density at radius 1 is 1.27 bits per heavy atom. The highest BCUT2D eigenvalue weighted by molar-refractivity contribution is 5.79. The molecule has 0 unspecified atom stereocenters. The second-order valence-electron chi connectivity index (χ2n) is 4.81. The molecule has 2 aliphatic rings. The van der Waals surface area contributed by atoms with E-state index in [1.165, 1.54) is 0 Å². The first-order chi connectivity index (χ1) is 7.18. The topological polar surface area (TPSA) is 37.4 Å². The minimum atomic E-state index is 0.263. The van der Waals surface area contributed by atoms with Crippen molar-refractivity contribution >= 4 is 11.7 Å². The summed E-state index contributed by atoms with van der Waals surface area (Å²) in [6, 6.07) is 0.426. The molecule has 0 aromatic carbocycles. The highest BCUT2D eigenvalue weighted by atomic mass is 16.2. The molecule has 0 bridgehead atoms. The van der Waals surface area contributed by atoms with Gasteiger partial charge in [-0.3, -0.25) is 9.59 Å². The standard InChI is InChI=1S/C12H19NO2/c1-9(14)10-4-6-11(7-5-10)13-8-2-3-12(13)15/h10-11H,2-8H2,1H3. The number of hydrogen-bond donors (Lipinski definition) is 0. The molecule has 1 saturated carbocycles. The molecule has 15 heavy (non-hydrogen) atoms. The van der Waals surface area contributed by atoms with Gasteiger partial charge in [-0.25, -0.2) is 0 Å². The molecular formula is C12H19NO2. The summed E-state index contributed by atoms with van der Waals surface area (Å²) in [6.07, 6.45) is 5.75. The Hall–Kier alpha value is -0.860. The fourth-order valence-corrected chi connectivity index (χ4v) is 2.85. The van der Waals surface area contributed by atoms with Crippen molar-refractivity contribution in [2.75, 3.05) is 6.54 Å². The molecule has 1 aliphatic heterocycles. The molecule has 0 atom stereocenters. The average Bonchev–Trinajstić information content (AvgIpc) is 2.65. The van der Waals surface area contributed by atoms with Crippen LogP contribution in [0.2, 0.25) is 0 Å². The van der Waals surface area contributed by atoms with Crippen LogP contribution < -0.4 is 0 Å². The Bertz CT molecular complexity index is 267. The summed E-state index contributed by atoms with van der Waals surface area (Å²) in [5.74, 6) is 0.904. The predicted octanol–water partition coefficient (Wildman–Crippen LogP) is 1.76. The van der Waals surface area contributed by atoms with E-state index in [-0.39, 0.29) is 5.92 Å². The lowest BCUT2D eigenvalue weighted by molar-refractivity contribution is -0.130. The summed E-state index contributed by atoms with van der Waals surface area (Å²) < 4.78 is 0. The van der Waals surface area contributed by atoms with Crippen molar-refractivity contribution < 1.29 is 9.59 Å². The number of nitrogens with zero attached hydrogens (tertiary/aromatic N) is 1. The normalized spacial score (nSPS) is 32.1. The van der Waals surface area contributed by atoms with Gasteiger partial charge in [0.05, 0.1) is 0 Å². The quantitative estimate of drug-likeness (QED) is 0.695. The van der Waals surface area contributed by atoms with Crippen molar-refractivity contribution in [1.82, 2.24) is 4.90 Å². The van der Waals surface area contributed by atoms with Gasteiger partial charge in [0.2, 0.25) is 5.91 Å². The van der Waals surface area contributed by atoms with Gasteiger partial charge in [-0.2, -0.15) is 0 Å². The van der Waals surface area contributed by atoms with E-state index in [9.17, 15) is 9.59 Å². The third-order valence-electron chi connectivity index (χ3n) is 3.82. The van der Waals surface area contributed by atoms with E-state index in [4.69, 9.17) is 0 Å². The molecule has 0 N–H and O–H groups in total. The van der Waals surface area contributed by atoms with Gasteiger partial charge in [-0.05, 0) is 39.0 Å². The summed E-state index contributed by atoms with van der Waals surface area (Å²) in [4.78, 5) is 24.8. The summed E-state index contributed by atoms with van der Waals surface area (Å²) in [7, 11) is 0. The van der Waals surface area contributed by atoms with Crippen LogP contribution in [0.3, 0.4) is 0 Å². The van der Waals surface area contributed by atoms with Gasteiger partial charge in [0.15, 0.2) is 0 Å². The van der Waals surface area contributed by atoms with Gasteiger partial charge in [-0.1, -0.05) is 0 Å². The number of hydrogen-bond acceptors (Lipinski definition) is 2. The van der Waals surface area contributed by atoms with Gasteiger partial charge in [0.1, 0.15) is 5.78 Å².